The second kappa shape index (κ2) is 7.67. The van der Waals surface area contributed by atoms with Gasteiger partial charge in [-0.25, -0.2) is 4.68 Å². The molecule has 1 aromatic heterocycles. The highest BCUT2D eigenvalue weighted by Crippen LogP contribution is 2.22. The number of nitro benzene ring substituents is 1. The maximum absolute atomic E-state index is 10.8. The van der Waals surface area contributed by atoms with Crippen molar-refractivity contribution in [1.29, 1.82) is 0 Å². The number of benzene rings is 3. The number of rotatable bonds is 5. The van der Waals surface area contributed by atoms with E-state index in [2.05, 4.69) is 4.99 Å². The quantitative estimate of drug-likeness (QED) is 0.276. The minimum Gasteiger partial charge on any atom is -0.258 e. The molecule has 0 radical (unpaired) electrons. The van der Waals surface area contributed by atoms with Gasteiger partial charge in [-0.15, -0.1) is 0 Å². The van der Waals surface area contributed by atoms with E-state index in [1.165, 1.54) is 12.1 Å². The lowest BCUT2D eigenvalue weighted by Crippen LogP contribution is -2.01. The minimum atomic E-state index is -0.426. The summed E-state index contributed by atoms with van der Waals surface area (Å²) in [4.78, 5) is 14.8. The second-order valence-electron chi connectivity index (χ2n) is 6.10. The molecule has 3 aromatic carbocycles. The molecule has 0 spiro atoms. The fourth-order valence-corrected chi connectivity index (χ4v) is 2.81. The number of aromatic nitrogens is 2. The molecule has 1 heterocycles. The highest BCUT2D eigenvalue weighted by molar-refractivity contribution is 5.83. The molecular weight excluding hydrogens is 352 g/mol. The predicted molar refractivity (Wildman–Crippen MR) is 109 cm³/mol. The normalized spacial score (nSPS) is 11.0. The van der Waals surface area contributed by atoms with Crippen molar-refractivity contribution in [2.24, 2.45) is 4.99 Å². The summed E-state index contributed by atoms with van der Waals surface area (Å²) in [6.07, 6.45) is 1.72. The van der Waals surface area contributed by atoms with E-state index in [0.29, 0.717) is 5.69 Å². The summed E-state index contributed by atoms with van der Waals surface area (Å²) in [6.45, 7) is 0. The summed E-state index contributed by atoms with van der Waals surface area (Å²) in [5.41, 5.74) is 4.27. The summed E-state index contributed by atoms with van der Waals surface area (Å²) in [5, 5.41) is 15.5. The first-order valence-corrected chi connectivity index (χ1v) is 8.70. The minimum absolute atomic E-state index is 0.0413. The zero-order valence-electron chi connectivity index (χ0n) is 14.8. The smallest absolute Gasteiger partial charge is 0.258 e. The lowest BCUT2D eigenvalue weighted by molar-refractivity contribution is -0.384. The van der Waals surface area contributed by atoms with Gasteiger partial charge in [0, 0.05) is 17.7 Å². The Morgan fingerprint density at radius 1 is 0.893 bits per heavy atom. The molecule has 136 valence electrons. The zero-order chi connectivity index (χ0) is 19.3. The Hall–Kier alpha value is -4.06. The van der Waals surface area contributed by atoms with Gasteiger partial charge in [-0.2, -0.15) is 5.10 Å². The van der Waals surface area contributed by atoms with E-state index < -0.39 is 4.92 Å². The summed E-state index contributed by atoms with van der Waals surface area (Å²) in [7, 11) is 0. The molecule has 0 aliphatic heterocycles. The third kappa shape index (κ3) is 3.71. The van der Waals surface area contributed by atoms with E-state index in [4.69, 9.17) is 5.10 Å². The highest BCUT2D eigenvalue weighted by Gasteiger charge is 2.10. The molecule has 0 N–H and O–H groups in total. The van der Waals surface area contributed by atoms with Crippen molar-refractivity contribution in [3.05, 3.63) is 107 Å². The van der Waals surface area contributed by atoms with Crippen molar-refractivity contribution in [2.75, 3.05) is 0 Å². The van der Waals surface area contributed by atoms with Crippen LogP contribution in [-0.2, 0) is 0 Å². The van der Waals surface area contributed by atoms with E-state index in [1.54, 1.807) is 18.3 Å². The third-order valence-electron chi connectivity index (χ3n) is 4.21. The van der Waals surface area contributed by atoms with Crippen molar-refractivity contribution in [1.82, 2.24) is 9.78 Å². The second-order valence-corrected chi connectivity index (χ2v) is 6.10. The van der Waals surface area contributed by atoms with Crippen LogP contribution >= 0.6 is 0 Å². The Morgan fingerprint density at radius 3 is 2.18 bits per heavy atom. The van der Waals surface area contributed by atoms with E-state index in [0.717, 1.165) is 22.6 Å². The van der Waals surface area contributed by atoms with E-state index in [9.17, 15) is 10.1 Å². The average Bonchev–Trinajstić information content (AvgIpc) is 3.18. The van der Waals surface area contributed by atoms with Gasteiger partial charge >= 0.3 is 0 Å². The number of para-hydroxylation sites is 1. The van der Waals surface area contributed by atoms with Gasteiger partial charge in [0.25, 0.3) is 5.69 Å². The summed E-state index contributed by atoms with van der Waals surface area (Å²) >= 11 is 0. The average molecular weight is 368 g/mol. The fraction of sp³-hybridized carbons (Fsp3) is 0. The van der Waals surface area contributed by atoms with Gasteiger partial charge in [0.05, 0.1) is 33.9 Å². The molecule has 0 atom stereocenters. The van der Waals surface area contributed by atoms with Crippen LogP contribution in [0, 0.1) is 10.1 Å². The van der Waals surface area contributed by atoms with Crippen LogP contribution in [0.3, 0.4) is 0 Å². The van der Waals surface area contributed by atoms with Crippen molar-refractivity contribution < 1.29 is 4.92 Å². The van der Waals surface area contributed by atoms with Crippen LogP contribution in [-0.4, -0.2) is 20.9 Å². The van der Waals surface area contributed by atoms with Crippen LogP contribution in [0.4, 0.5) is 11.4 Å². The lowest BCUT2D eigenvalue weighted by atomic mass is 10.1. The number of non-ortho nitro benzene ring substituents is 1. The molecule has 4 aromatic rings. The SMILES string of the molecule is O=[N+]([O-])c1ccc(N=Cc2cc(-c3ccccc3)nn2-c2ccccc2)cc1. The molecule has 0 unspecified atom stereocenters. The topological polar surface area (TPSA) is 73.3 Å². The first kappa shape index (κ1) is 17.4. The van der Waals surface area contributed by atoms with Gasteiger partial charge in [-0.3, -0.25) is 15.1 Å². The van der Waals surface area contributed by atoms with Crippen molar-refractivity contribution >= 4 is 17.6 Å². The molecule has 6 heteroatoms. The van der Waals surface area contributed by atoms with Crippen molar-refractivity contribution in [2.45, 2.75) is 0 Å². The van der Waals surface area contributed by atoms with E-state index >= 15 is 0 Å². The monoisotopic (exact) mass is 368 g/mol. The van der Waals surface area contributed by atoms with Crippen molar-refractivity contribution in [3.8, 4) is 16.9 Å². The molecule has 4 rings (SSSR count). The molecular formula is C22H16N4O2. The maximum atomic E-state index is 10.8. The number of nitro groups is 1. The van der Waals surface area contributed by atoms with E-state index in [1.807, 2.05) is 71.4 Å². The molecule has 0 fully saturated rings. The van der Waals surface area contributed by atoms with Gasteiger partial charge in [-0.1, -0.05) is 48.5 Å². The Balaban J connectivity index is 1.72. The van der Waals surface area contributed by atoms with Gasteiger partial charge in [0.15, 0.2) is 0 Å². The molecule has 28 heavy (non-hydrogen) atoms. The maximum Gasteiger partial charge on any atom is 0.269 e. The zero-order valence-corrected chi connectivity index (χ0v) is 14.8. The van der Waals surface area contributed by atoms with E-state index in [-0.39, 0.29) is 5.69 Å². The lowest BCUT2D eigenvalue weighted by Gasteiger charge is -2.03. The molecule has 0 aliphatic carbocycles. The van der Waals surface area contributed by atoms with Gasteiger partial charge < -0.3 is 0 Å². The number of hydrogen-bond acceptors (Lipinski definition) is 4. The predicted octanol–water partition coefficient (Wildman–Crippen LogP) is 5.20. The van der Waals surface area contributed by atoms with Crippen LogP contribution < -0.4 is 0 Å². The third-order valence-corrected chi connectivity index (χ3v) is 4.21. The summed E-state index contributed by atoms with van der Waals surface area (Å²) in [6, 6.07) is 27.8. The molecule has 0 saturated heterocycles. The van der Waals surface area contributed by atoms with Gasteiger partial charge in [0.1, 0.15) is 0 Å². The molecule has 0 aliphatic rings. The molecule has 0 bridgehead atoms. The standard InChI is InChI=1S/C22H16N4O2/c27-26(28)20-13-11-18(12-14-20)23-16-21-15-22(17-7-3-1-4-8-17)24-25(21)19-9-5-2-6-10-19/h1-16H. The number of aliphatic imine (C=N–C) groups is 1. The molecule has 0 amide bonds. The Kier molecular flexibility index (Phi) is 4.76. The number of nitrogens with zero attached hydrogens (tertiary/aromatic N) is 4. The van der Waals surface area contributed by atoms with Crippen LogP contribution in [0.25, 0.3) is 16.9 Å². The molecule has 0 saturated carbocycles. The first-order valence-electron chi connectivity index (χ1n) is 8.70. The Labute approximate surface area is 161 Å². The van der Waals surface area contributed by atoms with Crippen molar-refractivity contribution in [3.63, 3.8) is 0 Å². The summed E-state index contributed by atoms with van der Waals surface area (Å²) in [5.74, 6) is 0. The molecule has 6 nitrogen and oxygen atoms in total. The largest absolute Gasteiger partial charge is 0.269 e. The summed E-state index contributed by atoms with van der Waals surface area (Å²) < 4.78 is 1.83. The highest BCUT2D eigenvalue weighted by atomic mass is 16.6. The van der Waals surface area contributed by atoms with Crippen LogP contribution in [0.15, 0.2) is 96.0 Å². The fourth-order valence-electron chi connectivity index (χ4n) is 2.81. The van der Waals surface area contributed by atoms with Gasteiger partial charge in [0.2, 0.25) is 0 Å². The van der Waals surface area contributed by atoms with Gasteiger partial charge in [-0.05, 0) is 30.3 Å². The van der Waals surface area contributed by atoms with Crippen LogP contribution in [0.1, 0.15) is 5.69 Å². The van der Waals surface area contributed by atoms with Crippen LogP contribution in [0.5, 0.6) is 0 Å². The van der Waals surface area contributed by atoms with Crippen LogP contribution in [0.2, 0.25) is 0 Å². The first-order chi connectivity index (χ1) is 13.7. The Morgan fingerprint density at radius 2 is 1.54 bits per heavy atom. The Bertz CT molecular complexity index is 1120. The number of hydrogen-bond donors (Lipinski definition) is 0.